The van der Waals surface area contributed by atoms with Gasteiger partial charge in [0.05, 0.1) is 36.4 Å². The van der Waals surface area contributed by atoms with Crippen LogP contribution in [0.25, 0.3) is 22.6 Å². The molecule has 0 amide bonds. The molecule has 0 aliphatic rings. The summed E-state index contributed by atoms with van der Waals surface area (Å²) in [6.07, 6.45) is -2.21. The van der Waals surface area contributed by atoms with Crippen LogP contribution < -0.4 is 11.2 Å². The highest BCUT2D eigenvalue weighted by molar-refractivity contribution is 5.77. The molecule has 11 nitrogen and oxygen atoms in total. The largest absolute Gasteiger partial charge is 0.444 e. The van der Waals surface area contributed by atoms with Gasteiger partial charge in [0.15, 0.2) is 17.9 Å². The summed E-state index contributed by atoms with van der Waals surface area (Å²) in [5, 5.41) is 13.8. The summed E-state index contributed by atoms with van der Waals surface area (Å²) in [5.74, 6) is -0.538. The van der Waals surface area contributed by atoms with Crippen LogP contribution in [-0.4, -0.2) is 45.6 Å². The zero-order chi connectivity index (χ0) is 29.2. The number of benzene rings is 1. The first-order valence-electron chi connectivity index (χ1n) is 12.7. The lowest BCUT2D eigenvalue weighted by Crippen LogP contribution is -2.40. The number of aryl methyl sites for hydroxylation is 1. The lowest BCUT2D eigenvalue weighted by Gasteiger charge is -2.12. The van der Waals surface area contributed by atoms with Gasteiger partial charge < -0.3 is 9.84 Å². The van der Waals surface area contributed by atoms with Crippen molar-refractivity contribution in [1.29, 1.82) is 0 Å². The van der Waals surface area contributed by atoms with Crippen molar-refractivity contribution in [3.05, 3.63) is 68.6 Å². The van der Waals surface area contributed by atoms with E-state index in [0.29, 0.717) is 17.5 Å². The normalized spacial score (nSPS) is 12.7. The molecule has 0 spiro atoms. The molecule has 1 N–H and O–H groups in total. The Kier molecular flexibility index (Phi) is 8.28. The van der Waals surface area contributed by atoms with E-state index in [4.69, 9.17) is 4.74 Å². The van der Waals surface area contributed by atoms with E-state index >= 15 is 0 Å². The lowest BCUT2D eigenvalue weighted by atomic mass is 10.1. The molecule has 14 heteroatoms. The van der Waals surface area contributed by atoms with Crippen molar-refractivity contribution in [2.75, 3.05) is 0 Å². The van der Waals surface area contributed by atoms with Crippen LogP contribution in [0.2, 0.25) is 0 Å². The fourth-order valence-corrected chi connectivity index (χ4v) is 4.38. The van der Waals surface area contributed by atoms with E-state index in [2.05, 4.69) is 10.1 Å². The fraction of sp³-hybridized carbons (Fsp3) is 0.423. The molecule has 0 saturated carbocycles. The molecule has 1 aromatic carbocycles. The summed E-state index contributed by atoms with van der Waals surface area (Å²) < 4.78 is 50.0. The summed E-state index contributed by atoms with van der Waals surface area (Å²) in [6.45, 7) is 4.97. The van der Waals surface area contributed by atoms with Crippen LogP contribution >= 0.6 is 0 Å². The number of alkyl halides is 3. The van der Waals surface area contributed by atoms with Crippen LogP contribution in [0.3, 0.4) is 0 Å². The minimum Gasteiger partial charge on any atom is -0.444 e. The molecule has 4 aromatic rings. The molecular weight excluding hydrogens is 533 g/mol. The zero-order valence-electron chi connectivity index (χ0n) is 22.2. The van der Waals surface area contributed by atoms with Crippen LogP contribution in [0.5, 0.6) is 0 Å². The number of aliphatic hydroxyl groups is 1. The molecule has 0 fully saturated rings. The first-order valence-corrected chi connectivity index (χ1v) is 12.7. The van der Waals surface area contributed by atoms with Crippen LogP contribution in [-0.2, 0) is 42.1 Å². The third-order valence-corrected chi connectivity index (χ3v) is 6.18. The van der Waals surface area contributed by atoms with Crippen molar-refractivity contribution in [2.45, 2.75) is 72.3 Å². The van der Waals surface area contributed by atoms with E-state index in [-0.39, 0.29) is 43.0 Å². The van der Waals surface area contributed by atoms with Crippen molar-refractivity contribution in [2.24, 2.45) is 0 Å². The second-order valence-electron chi connectivity index (χ2n) is 9.34. The van der Waals surface area contributed by atoms with E-state index in [1.54, 1.807) is 13.0 Å². The maximum Gasteiger partial charge on any atom is 0.416 e. The van der Waals surface area contributed by atoms with Crippen LogP contribution in [0.15, 0.2) is 46.2 Å². The molecule has 214 valence electrons. The Bertz CT molecular complexity index is 1650. The standard InChI is InChI=1S/C26H29F3N6O5/c1-4-9-34-24(38)21-23(33(5-2)25(34)39)31-22(35(21)15-40-20(37)10-16(3)36)18-12-30-32(14-18)13-17-7-6-8-19(11-17)26(27,28)29/h6-8,11-12,14,16,36H,4-5,9-10,13,15H2,1-3H3. The monoisotopic (exact) mass is 562 g/mol. The number of ether oxygens (including phenoxy) is 1. The minimum absolute atomic E-state index is 0.0243. The summed E-state index contributed by atoms with van der Waals surface area (Å²) in [5.41, 5.74) is -1.02. The summed E-state index contributed by atoms with van der Waals surface area (Å²) in [7, 11) is 0. The van der Waals surface area contributed by atoms with Crippen molar-refractivity contribution >= 4 is 17.1 Å². The number of halogens is 3. The van der Waals surface area contributed by atoms with Crippen molar-refractivity contribution in [1.82, 2.24) is 28.5 Å². The summed E-state index contributed by atoms with van der Waals surface area (Å²) in [4.78, 5) is 43.3. The quantitative estimate of drug-likeness (QED) is 0.295. The molecular formula is C26H29F3N6O5. The van der Waals surface area contributed by atoms with Gasteiger partial charge >= 0.3 is 17.8 Å². The van der Waals surface area contributed by atoms with E-state index in [0.717, 1.165) is 16.7 Å². The fourth-order valence-electron chi connectivity index (χ4n) is 4.38. The average molecular weight is 563 g/mol. The highest BCUT2D eigenvalue weighted by atomic mass is 19.4. The van der Waals surface area contributed by atoms with Gasteiger partial charge in [0.25, 0.3) is 5.56 Å². The molecule has 0 bridgehead atoms. The predicted molar refractivity (Wildman–Crippen MR) is 138 cm³/mol. The van der Waals surface area contributed by atoms with Crippen LogP contribution in [0, 0.1) is 0 Å². The average Bonchev–Trinajstić information content (AvgIpc) is 3.49. The first kappa shape index (κ1) is 28.8. The number of carbonyl (C=O) groups is 1. The Morgan fingerprint density at radius 1 is 1.15 bits per heavy atom. The van der Waals surface area contributed by atoms with Gasteiger partial charge in [-0.15, -0.1) is 0 Å². The van der Waals surface area contributed by atoms with Gasteiger partial charge in [0, 0.05) is 19.3 Å². The Morgan fingerprint density at radius 2 is 1.90 bits per heavy atom. The SMILES string of the molecule is CCCn1c(=O)c2c(nc(-c3cnn(Cc4cccc(C(F)(F)F)c4)c3)n2COC(=O)CC(C)O)n(CC)c1=O. The Labute approximate surface area is 226 Å². The molecule has 40 heavy (non-hydrogen) atoms. The number of nitrogens with zero attached hydrogens (tertiary/aromatic N) is 6. The number of carbonyl (C=O) groups excluding carboxylic acids is 1. The third-order valence-electron chi connectivity index (χ3n) is 6.18. The smallest absolute Gasteiger partial charge is 0.416 e. The second-order valence-corrected chi connectivity index (χ2v) is 9.34. The number of esters is 1. The van der Waals surface area contributed by atoms with Gasteiger partial charge in [-0.05, 0) is 38.0 Å². The molecule has 0 saturated heterocycles. The molecule has 1 unspecified atom stereocenters. The lowest BCUT2D eigenvalue weighted by molar-refractivity contribution is -0.149. The number of aliphatic hydroxyl groups excluding tert-OH is 1. The number of imidazole rings is 1. The Hall–Kier alpha value is -4.20. The van der Waals surface area contributed by atoms with Gasteiger partial charge in [0.1, 0.15) is 5.82 Å². The minimum atomic E-state index is -4.48. The topological polar surface area (TPSA) is 126 Å². The first-order chi connectivity index (χ1) is 18.9. The highest BCUT2D eigenvalue weighted by Crippen LogP contribution is 2.30. The van der Waals surface area contributed by atoms with Gasteiger partial charge in [-0.2, -0.15) is 18.3 Å². The van der Waals surface area contributed by atoms with E-state index in [1.165, 1.54) is 39.2 Å². The van der Waals surface area contributed by atoms with Crippen molar-refractivity contribution in [3.8, 4) is 11.4 Å². The number of aromatic nitrogens is 6. The molecule has 3 heterocycles. The number of fused-ring (bicyclic) bond motifs is 1. The van der Waals surface area contributed by atoms with Gasteiger partial charge in [-0.3, -0.25) is 28.0 Å². The maximum absolute atomic E-state index is 13.5. The molecule has 4 rings (SSSR count). The Balaban J connectivity index is 1.81. The van der Waals surface area contributed by atoms with Crippen molar-refractivity contribution < 1.29 is 27.8 Å². The summed E-state index contributed by atoms with van der Waals surface area (Å²) in [6, 6.07) is 4.88. The molecule has 3 aromatic heterocycles. The van der Waals surface area contributed by atoms with Gasteiger partial charge in [-0.1, -0.05) is 19.1 Å². The van der Waals surface area contributed by atoms with E-state index in [1.807, 2.05) is 6.92 Å². The predicted octanol–water partition coefficient (Wildman–Crippen LogP) is 2.99. The third kappa shape index (κ3) is 5.86. The second kappa shape index (κ2) is 11.5. The Morgan fingerprint density at radius 3 is 2.55 bits per heavy atom. The molecule has 0 aliphatic carbocycles. The molecule has 1 atom stereocenters. The maximum atomic E-state index is 13.5. The summed E-state index contributed by atoms with van der Waals surface area (Å²) >= 11 is 0. The van der Waals surface area contributed by atoms with Crippen LogP contribution in [0.4, 0.5) is 13.2 Å². The van der Waals surface area contributed by atoms with Crippen molar-refractivity contribution in [3.63, 3.8) is 0 Å². The van der Waals surface area contributed by atoms with E-state index < -0.39 is 41.8 Å². The van der Waals surface area contributed by atoms with E-state index in [9.17, 15) is 32.7 Å². The molecule has 0 radical (unpaired) electrons. The van der Waals surface area contributed by atoms with Crippen LogP contribution in [0.1, 0.15) is 44.7 Å². The zero-order valence-corrected chi connectivity index (χ0v) is 22.2. The number of hydrogen-bond acceptors (Lipinski definition) is 7. The van der Waals surface area contributed by atoms with Gasteiger partial charge in [0.2, 0.25) is 0 Å². The highest BCUT2D eigenvalue weighted by Gasteiger charge is 2.30. The van der Waals surface area contributed by atoms with Gasteiger partial charge in [-0.25, -0.2) is 9.78 Å². The number of hydrogen-bond donors (Lipinski definition) is 1. The number of rotatable bonds is 10. The molecule has 0 aliphatic heterocycles.